The van der Waals surface area contributed by atoms with Gasteiger partial charge in [-0.1, -0.05) is 18.6 Å². The Labute approximate surface area is 203 Å². The summed E-state index contributed by atoms with van der Waals surface area (Å²) < 4.78 is 37.3. The molecule has 11 nitrogen and oxygen atoms in total. The van der Waals surface area contributed by atoms with E-state index in [0.717, 1.165) is 12.8 Å². The predicted octanol–water partition coefficient (Wildman–Crippen LogP) is 2.73. The molecule has 0 bridgehead atoms. The zero-order valence-electron chi connectivity index (χ0n) is 19.4. The van der Waals surface area contributed by atoms with Gasteiger partial charge >= 0.3 is 0 Å². The SMILES string of the molecule is COc1ccc(-c2nc(NC(=O)CCCCCN=C3NS(=O)(=O)c4ccccc43)n[nH]2)c(OC)c1. The quantitative estimate of drug-likeness (QED) is 0.364. The Balaban J connectivity index is 1.23. The molecule has 1 aromatic heterocycles. The molecule has 3 N–H and O–H groups in total. The van der Waals surface area contributed by atoms with E-state index in [9.17, 15) is 13.2 Å². The van der Waals surface area contributed by atoms with Crippen molar-refractivity contribution in [2.75, 3.05) is 26.1 Å². The minimum atomic E-state index is -3.53. The third-order valence-electron chi connectivity index (χ3n) is 5.40. The van der Waals surface area contributed by atoms with Gasteiger partial charge in [0.05, 0.1) is 24.7 Å². The number of hydrogen-bond donors (Lipinski definition) is 3. The number of aromatic nitrogens is 3. The van der Waals surface area contributed by atoms with E-state index in [1.54, 1.807) is 56.7 Å². The molecule has 1 amide bonds. The summed E-state index contributed by atoms with van der Waals surface area (Å²) in [4.78, 5) is 21.2. The maximum absolute atomic E-state index is 12.3. The van der Waals surface area contributed by atoms with Gasteiger partial charge in [-0.3, -0.25) is 24.9 Å². The summed E-state index contributed by atoms with van der Waals surface area (Å²) in [6.45, 7) is 0.460. The Bertz CT molecular complexity index is 1350. The van der Waals surface area contributed by atoms with E-state index in [1.807, 2.05) is 0 Å². The molecule has 2 aromatic carbocycles. The van der Waals surface area contributed by atoms with Gasteiger partial charge in [0.1, 0.15) is 17.3 Å². The first-order valence-corrected chi connectivity index (χ1v) is 12.5. The first-order chi connectivity index (χ1) is 16.9. The van der Waals surface area contributed by atoms with Gasteiger partial charge in [-0.2, -0.15) is 4.98 Å². The van der Waals surface area contributed by atoms with Crippen molar-refractivity contribution in [3.63, 3.8) is 0 Å². The number of nitrogens with one attached hydrogen (secondary N) is 3. The highest BCUT2D eigenvalue weighted by molar-refractivity contribution is 7.90. The van der Waals surface area contributed by atoms with E-state index in [1.165, 1.54) is 0 Å². The highest BCUT2D eigenvalue weighted by atomic mass is 32.2. The molecule has 0 spiro atoms. The average Bonchev–Trinajstić information content (AvgIpc) is 3.42. The van der Waals surface area contributed by atoms with Crippen LogP contribution < -0.4 is 19.5 Å². The Hall–Kier alpha value is -3.93. The molecule has 4 rings (SSSR count). The maximum atomic E-state index is 12.3. The fourth-order valence-corrected chi connectivity index (χ4v) is 4.89. The first-order valence-electron chi connectivity index (χ1n) is 11.0. The van der Waals surface area contributed by atoms with E-state index in [4.69, 9.17) is 9.47 Å². The summed E-state index contributed by atoms with van der Waals surface area (Å²) in [5.74, 6) is 2.04. The van der Waals surface area contributed by atoms with Crippen LogP contribution in [0.4, 0.5) is 5.95 Å². The Morgan fingerprint density at radius 1 is 1.06 bits per heavy atom. The summed E-state index contributed by atoms with van der Waals surface area (Å²) in [7, 11) is -0.405. The highest BCUT2D eigenvalue weighted by Crippen LogP contribution is 2.31. The van der Waals surface area contributed by atoms with E-state index in [-0.39, 0.29) is 16.8 Å². The second-order valence-corrected chi connectivity index (χ2v) is 9.42. The van der Waals surface area contributed by atoms with Gasteiger partial charge in [-0.15, -0.1) is 5.10 Å². The van der Waals surface area contributed by atoms with Crippen LogP contribution in [0.1, 0.15) is 31.2 Å². The molecule has 2 heterocycles. The Kier molecular flexibility index (Phi) is 7.30. The lowest BCUT2D eigenvalue weighted by molar-refractivity contribution is -0.116. The van der Waals surface area contributed by atoms with Crippen molar-refractivity contribution >= 4 is 27.7 Å². The van der Waals surface area contributed by atoms with Gasteiger partial charge in [-0.25, -0.2) is 8.42 Å². The number of rotatable bonds is 10. The topological polar surface area (TPSA) is 148 Å². The van der Waals surface area contributed by atoms with E-state index in [2.05, 4.69) is 30.2 Å². The lowest BCUT2D eigenvalue weighted by Crippen LogP contribution is -2.22. The summed E-state index contributed by atoms with van der Waals surface area (Å²) in [5, 5.41) is 9.54. The molecule has 0 unspecified atom stereocenters. The first kappa shape index (κ1) is 24.2. The summed E-state index contributed by atoms with van der Waals surface area (Å²) in [6, 6.07) is 12.1. The minimum absolute atomic E-state index is 0.182. The van der Waals surface area contributed by atoms with Crippen molar-refractivity contribution in [3.8, 4) is 22.9 Å². The largest absolute Gasteiger partial charge is 0.497 e. The molecule has 0 fully saturated rings. The number of aliphatic imine (C=N–C) groups is 1. The van der Waals surface area contributed by atoms with Crippen LogP contribution >= 0.6 is 0 Å². The number of anilines is 1. The van der Waals surface area contributed by atoms with Crippen molar-refractivity contribution in [1.29, 1.82) is 0 Å². The van der Waals surface area contributed by atoms with Crippen molar-refractivity contribution in [2.45, 2.75) is 30.6 Å². The van der Waals surface area contributed by atoms with Crippen molar-refractivity contribution in [1.82, 2.24) is 19.9 Å². The predicted molar refractivity (Wildman–Crippen MR) is 130 cm³/mol. The summed E-state index contributed by atoms with van der Waals surface area (Å²) in [5.41, 5.74) is 1.28. The van der Waals surface area contributed by atoms with Gasteiger partial charge in [0.15, 0.2) is 5.82 Å². The molecular formula is C23H26N6O5S. The van der Waals surface area contributed by atoms with Crippen LogP contribution in [0, 0.1) is 0 Å². The number of sulfonamides is 1. The molecule has 35 heavy (non-hydrogen) atoms. The number of carbonyl (C=O) groups is 1. The molecule has 0 atom stereocenters. The van der Waals surface area contributed by atoms with E-state index < -0.39 is 10.0 Å². The lowest BCUT2D eigenvalue weighted by atomic mass is 10.2. The normalized spacial score (nSPS) is 14.9. The summed E-state index contributed by atoms with van der Waals surface area (Å²) >= 11 is 0. The van der Waals surface area contributed by atoms with Crippen molar-refractivity contribution in [3.05, 3.63) is 48.0 Å². The zero-order valence-corrected chi connectivity index (χ0v) is 20.2. The fourth-order valence-electron chi connectivity index (χ4n) is 3.64. The minimum Gasteiger partial charge on any atom is -0.497 e. The smallest absolute Gasteiger partial charge is 0.263 e. The molecule has 0 radical (unpaired) electrons. The number of H-pyrrole nitrogens is 1. The Morgan fingerprint density at radius 3 is 2.69 bits per heavy atom. The number of carbonyl (C=O) groups excluding carboxylic acids is 1. The van der Waals surface area contributed by atoms with Crippen LogP contribution in [0.2, 0.25) is 0 Å². The van der Waals surface area contributed by atoms with Crippen molar-refractivity contribution < 1.29 is 22.7 Å². The molecule has 184 valence electrons. The number of benzene rings is 2. The lowest BCUT2D eigenvalue weighted by Gasteiger charge is -2.07. The van der Waals surface area contributed by atoms with Gasteiger partial charge in [-0.05, 0) is 37.1 Å². The van der Waals surface area contributed by atoms with Gasteiger partial charge in [0, 0.05) is 24.6 Å². The molecule has 0 aliphatic carbocycles. The number of fused-ring (bicyclic) bond motifs is 1. The monoisotopic (exact) mass is 498 g/mol. The number of nitrogens with zero attached hydrogens (tertiary/aromatic N) is 3. The van der Waals surface area contributed by atoms with Crippen LogP contribution in [0.25, 0.3) is 11.4 Å². The van der Waals surface area contributed by atoms with Gasteiger partial charge in [0.2, 0.25) is 11.9 Å². The molecule has 1 aliphatic heterocycles. The van der Waals surface area contributed by atoms with Crippen LogP contribution in [-0.4, -0.2) is 56.1 Å². The van der Waals surface area contributed by atoms with E-state index >= 15 is 0 Å². The number of aromatic amines is 1. The number of hydrogen-bond acceptors (Lipinski definition) is 8. The zero-order chi connectivity index (χ0) is 24.8. The van der Waals surface area contributed by atoms with Crippen LogP contribution in [0.5, 0.6) is 11.5 Å². The number of amidine groups is 1. The third kappa shape index (κ3) is 5.60. The van der Waals surface area contributed by atoms with Crippen LogP contribution in [0.3, 0.4) is 0 Å². The maximum Gasteiger partial charge on any atom is 0.263 e. The van der Waals surface area contributed by atoms with Crippen LogP contribution in [0.15, 0.2) is 52.4 Å². The number of unbranched alkanes of at least 4 members (excludes halogenated alkanes) is 2. The molecule has 3 aromatic rings. The molecule has 1 aliphatic rings. The number of ether oxygens (including phenoxy) is 2. The number of methoxy groups -OCH3 is 2. The summed E-state index contributed by atoms with van der Waals surface area (Å²) in [6.07, 6.45) is 2.45. The highest BCUT2D eigenvalue weighted by Gasteiger charge is 2.29. The fraction of sp³-hybridized carbons (Fsp3) is 0.304. The molecule has 0 saturated carbocycles. The van der Waals surface area contributed by atoms with Gasteiger partial charge in [0.25, 0.3) is 10.0 Å². The number of amides is 1. The Morgan fingerprint density at radius 2 is 1.89 bits per heavy atom. The molecular weight excluding hydrogens is 472 g/mol. The standard InChI is InChI=1S/C23H26N6O5S/c1-33-15-11-12-16(18(14-15)34-2)22-26-23(28-27-22)25-20(30)10-4-3-7-13-24-21-17-8-5-6-9-19(17)35(31,32)29-21/h5-6,8-9,11-12,14H,3-4,7,10,13H2,1-2H3,(H,24,29)(H2,25,26,27,28,30). The second kappa shape index (κ2) is 10.6. The third-order valence-corrected chi connectivity index (χ3v) is 6.79. The van der Waals surface area contributed by atoms with Crippen LogP contribution in [-0.2, 0) is 14.8 Å². The van der Waals surface area contributed by atoms with Gasteiger partial charge < -0.3 is 9.47 Å². The molecule has 0 saturated heterocycles. The van der Waals surface area contributed by atoms with Crippen molar-refractivity contribution in [2.24, 2.45) is 4.99 Å². The van der Waals surface area contributed by atoms with E-state index in [0.29, 0.717) is 53.7 Å². The average molecular weight is 499 g/mol. The molecule has 12 heteroatoms. The second-order valence-electron chi connectivity index (χ2n) is 7.76.